The van der Waals surface area contributed by atoms with Gasteiger partial charge in [-0.2, -0.15) is 0 Å². The normalized spacial score (nSPS) is 15.0. The highest BCUT2D eigenvalue weighted by Crippen LogP contribution is 2.36. The minimum atomic E-state index is -0.0756. The van der Waals surface area contributed by atoms with E-state index in [0.717, 1.165) is 5.56 Å². The number of nitrogens with zero attached hydrogens (tertiary/aromatic N) is 1. The maximum Gasteiger partial charge on any atom is 0.246 e. The lowest BCUT2D eigenvalue weighted by molar-refractivity contribution is -0.132. The van der Waals surface area contributed by atoms with Gasteiger partial charge in [0.25, 0.3) is 0 Å². The zero-order valence-corrected chi connectivity index (χ0v) is 16.8. The van der Waals surface area contributed by atoms with Crippen molar-refractivity contribution in [2.45, 2.75) is 26.7 Å². The molecule has 1 N–H and O–H groups in total. The van der Waals surface area contributed by atoms with Crippen LogP contribution in [0.5, 0.6) is 11.5 Å². The van der Waals surface area contributed by atoms with Crippen LogP contribution in [0.15, 0.2) is 18.2 Å². The van der Waals surface area contributed by atoms with Crippen molar-refractivity contribution in [2.75, 3.05) is 33.4 Å². The van der Waals surface area contributed by atoms with Crippen molar-refractivity contribution in [1.29, 1.82) is 0 Å². The smallest absolute Gasteiger partial charge is 0.246 e. The molecule has 1 aliphatic heterocycles. The van der Waals surface area contributed by atoms with E-state index in [1.807, 2.05) is 13.8 Å². The molecule has 0 aliphatic carbocycles. The minimum absolute atomic E-state index is 0.00726. The molecule has 27 heavy (non-hydrogen) atoms. The van der Waals surface area contributed by atoms with Gasteiger partial charge >= 0.3 is 0 Å². The van der Waals surface area contributed by atoms with Crippen LogP contribution in [0.25, 0.3) is 6.08 Å². The van der Waals surface area contributed by atoms with Crippen LogP contribution in [0.1, 0.15) is 32.3 Å². The first-order valence-corrected chi connectivity index (χ1v) is 9.62. The van der Waals surface area contributed by atoms with E-state index >= 15 is 0 Å². The number of piperidine rings is 1. The lowest BCUT2D eigenvalue weighted by atomic mass is 9.96. The summed E-state index contributed by atoms with van der Waals surface area (Å²) in [5.74, 6) is 1.02. The van der Waals surface area contributed by atoms with Crippen molar-refractivity contribution in [2.24, 2.45) is 5.92 Å². The monoisotopic (exact) mass is 394 g/mol. The van der Waals surface area contributed by atoms with Crippen LogP contribution in [0.2, 0.25) is 5.02 Å². The highest BCUT2D eigenvalue weighted by molar-refractivity contribution is 6.32. The number of carbonyl (C=O) groups excluding carboxylic acids is 2. The quantitative estimate of drug-likeness (QED) is 0.721. The molecule has 0 spiro atoms. The molecule has 0 unspecified atom stereocenters. The fourth-order valence-corrected chi connectivity index (χ4v) is 3.35. The lowest BCUT2D eigenvalue weighted by Gasteiger charge is -2.30. The Morgan fingerprint density at radius 3 is 2.59 bits per heavy atom. The molecule has 1 aliphatic rings. The molecule has 0 radical (unpaired) electrons. The summed E-state index contributed by atoms with van der Waals surface area (Å²) in [6.45, 7) is 6.06. The molecule has 0 bridgehead atoms. The molecule has 0 atom stereocenters. The van der Waals surface area contributed by atoms with E-state index in [-0.39, 0.29) is 17.7 Å². The number of likely N-dealkylation sites (tertiary alicyclic amines) is 1. The molecule has 2 rings (SSSR count). The van der Waals surface area contributed by atoms with Crippen molar-refractivity contribution in [3.63, 3.8) is 0 Å². The lowest BCUT2D eigenvalue weighted by Crippen LogP contribution is -2.42. The van der Waals surface area contributed by atoms with E-state index in [2.05, 4.69) is 5.32 Å². The Labute approximate surface area is 165 Å². The number of nitrogens with one attached hydrogen (secondary N) is 1. The number of methoxy groups -OCH3 is 1. The third-order valence-corrected chi connectivity index (χ3v) is 4.77. The van der Waals surface area contributed by atoms with Gasteiger partial charge in [0.15, 0.2) is 11.5 Å². The average Bonchev–Trinajstić information content (AvgIpc) is 2.68. The van der Waals surface area contributed by atoms with Gasteiger partial charge in [0, 0.05) is 31.6 Å². The van der Waals surface area contributed by atoms with E-state index in [1.54, 1.807) is 30.2 Å². The number of carbonyl (C=O) groups is 2. The third kappa shape index (κ3) is 5.63. The van der Waals surface area contributed by atoms with E-state index in [1.165, 1.54) is 6.08 Å². The first kappa shape index (κ1) is 21.1. The van der Waals surface area contributed by atoms with Gasteiger partial charge in [-0.3, -0.25) is 9.59 Å². The standard InChI is InChI=1S/C20H27ClN2O4/c1-4-22-20(25)15-8-10-23(11-9-15)18(24)7-6-14-12-16(21)19(27-5-2)17(13-14)26-3/h6-7,12-13,15H,4-5,8-11H2,1-3H3,(H,22,25)/b7-6+. The van der Waals surface area contributed by atoms with Crippen LogP contribution in [-0.2, 0) is 9.59 Å². The second-order valence-corrected chi connectivity index (χ2v) is 6.70. The SMILES string of the molecule is CCNC(=O)C1CCN(C(=O)/C=C/c2cc(Cl)c(OCC)c(OC)c2)CC1. The van der Waals surface area contributed by atoms with Crippen LogP contribution >= 0.6 is 11.6 Å². The maximum absolute atomic E-state index is 12.4. The molecule has 1 aromatic rings. The predicted molar refractivity (Wildman–Crippen MR) is 106 cm³/mol. The van der Waals surface area contributed by atoms with Gasteiger partial charge in [-0.05, 0) is 50.5 Å². The molecule has 1 fully saturated rings. The van der Waals surface area contributed by atoms with Gasteiger partial charge in [-0.15, -0.1) is 0 Å². The summed E-state index contributed by atoms with van der Waals surface area (Å²) in [7, 11) is 1.55. The largest absolute Gasteiger partial charge is 0.493 e. The fraction of sp³-hybridized carbons (Fsp3) is 0.500. The summed E-state index contributed by atoms with van der Waals surface area (Å²) in [5, 5.41) is 3.28. The van der Waals surface area contributed by atoms with E-state index in [9.17, 15) is 9.59 Å². The number of hydrogen-bond acceptors (Lipinski definition) is 4. The second-order valence-electron chi connectivity index (χ2n) is 6.29. The van der Waals surface area contributed by atoms with Crippen LogP contribution in [0.4, 0.5) is 0 Å². The molecule has 1 aromatic carbocycles. The van der Waals surface area contributed by atoms with Gasteiger partial charge < -0.3 is 19.7 Å². The van der Waals surface area contributed by atoms with Crippen molar-refractivity contribution in [3.8, 4) is 11.5 Å². The molecule has 148 valence electrons. The predicted octanol–water partition coefficient (Wildman–Crippen LogP) is 3.14. The summed E-state index contributed by atoms with van der Waals surface area (Å²) >= 11 is 6.26. The number of rotatable bonds is 7. The summed E-state index contributed by atoms with van der Waals surface area (Å²) in [4.78, 5) is 26.1. The number of halogens is 1. The topological polar surface area (TPSA) is 67.9 Å². The number of benzene rings is 1. The Kier molecular flexibility index (Phi) is 7.98. The number of amides is 2. The molecule has 1 heterocycles. The Bertz CT molecular complexity index is 697. The molecule has 2 amide bonds. The summed E-state index contributed by atoms with van der Waals surface area (Å²) in [6, 6.07) is 3.52. The third-order valence-electron chi connectivity index (χ3n) is 4.49. The van der Waals surface area contributed by atoms with Gasteiger partial charge in [0.05, 0.1) is 18.7 Å². The zero-order valence-electron chi connectivity index (χ0n) is 16.1. The van der Waals surface area contributed by atoms with E-state index in [4.69, 9.17) is 21.1 Å². The second kappa shape index (κ2) is 10.2. The van der Waals surface area contributed by atoms with Crippen molar-refractivity contribution >= 4 is 29.5 Å². The Morgan fingerprint density at radius 2 is 2.00 bits per heavy atom. The average molecular weight is 395 g/mol. The van der Waals surface area contributed by atoms with Crippen LogP contribution in [0, 0.1) is 5.92 Å². The Morgan fingerprint density at radius 1 is 1.30 bits per heavy atom. The van der Waals surface area contributed by atoms with Crippen LogP contribution in [-0.4, -0.2) is 50.1 Å². The first-order chi connectivity index (χ1) is 13.0. The van der Waals surface area contributed by atoms with Crippen LogP contribution < -0.4 is 14.8 Å². The zero-order chi connectivity index (χ0) is 19.8. The van der Waals surface area contributed by atoms with Crippen molar-refractivity contribution in [3.05, 3.63) is 28.8 Å². The van der Waals surface area contributed by atoms with E-state index in [0.29, 0.717) is 55.6 Å². The highest BCUT2D eigenvalue weighted by atomic mass is 35.5. The Hall–Kier alpha value is -2.21. The summed E-state index contributed by atoms with van der Waals surface area (Å²) < 4.78 is 10.8. The number of hydrogen-bond donors (Lipinski definition) is 1. The highest BCUT2D eigenvalue weighted by Gasteiger charge is 2.26. The van der Waals surface area contributed by atoms with Gasteiger partial charge in [-0.1, -0.05) is 11.6 Å². The Balaban J connectivity index is 1.99. The molecule has 6 nitrogen and oxygen atoms in total. The fourth-order valence-electron chi connectivity index (χ4n) is 3.07. The molecule has 0 saturated carbocycles. The molecular formula is C20H27ClN2O4. The van der Waals surface area contributed by atoms with Gasteiger partial charge in [0.1, 0.15) is 0 Å². The minimum Gasteiger partial charge on any atom is -0.493 e. The first-order valence-electron chi connectivity index (χ1n) is 9.25. The molecule has 1 saturated heterocycles. The summed E-state index contributed by atoms with van der Waals surface area (Å²) in [6.07, 6.45) is 4.61. The van der Waals surface area contributed by atoms with Crippen LogP contribution in [0.3, 0.4) is 0 Å². The van der Waals surface area contributed by atoms with Gasteiger partial charge in [0.2, 0.25) is 11.8 Å². The van der Waals surface area contributed by atoms with Gasteiger partial charge in [-0.25, -0.2) is 0 Å². The van der Waals surface area contributed by atoms with Crippen molar-refractivity contribution in [1.82, 2.24) is 10.2 Å². The van der Waals surface area contributed by atoms with E-state index < -0.39 is 0 Å². The molecule has 0 aromatic heterocycles. The maximum atomic E-state index is 12.4. The summed E-state index contributed by atoms with van der Waals surface area (Å²) in [5.41, 5.74) is 0.755. The molecule has 7 heteroatoms. The molecular weight excluding hydrogens is 368 g/mol. The number of ether oxygens (including phenoxy) is 2. The van der Waals surface area contributed by atoms with Crippen molar-refractivity contribution < 1.29 is 19.1 Å².